The Balaban J connectivity index is 2.34. The molecule has 0 amide bonds. The van der Waals surface area contributed by atoms with Crippen LogP contribution >= 0.6 is 0 Å². The highest BCUT2D eigenvalue weighted by Gasteiger charge is 2.10. The third kappa shape index (κ3) is 2.37. The largest absolute Gasteiger partial charge is 0.287 e. The molecule has 0 fully saturated rings. The summed E-state index contributed by atoms with van der Waals surface area (Å²) in [4.78, 5) is 16.2. The third-order valence-electron chi connectivity index (χ3n) is 2.40. The molecule has 1 heterocycles. The number of carbonyl (C=O) groups excluding carboxylic acids is 1. The molecule has 1 aromatic heterocycles. The molecular formula is C14H10N2O. The first-order chi connectivity index (χ1) is 8.20. The number of pyridine rings is 1. The van der Waals surface area contributed by atoms with E-state index in [9.17, 15) is 4.79 Å². The molecule has 0 atom stereocenters. The van der Waals surface area contributed by atoms with Crippen LogP contribution in [0.15, 0.2) is 42.5 Å². The number of nitrogens with zero attached hydrogens (tertiary/aromatic N) is 2. The summed E-state index contributed by atoms with van der Waals surface area (Å²) in [7, 11) is 0. The van der Waals surface area contributed by atoms with Gasteiger partial charge in [-0.05, 0) is 43.3 Å². The number of nitriles is 1. The second-order valence-corrected chi connectivity index (χ2v) is 3.68. The van der Waals surface area contributed by atoms with E-state index in [1.54, 1.807) is 36.4 Å². The Labute approximate surface area is 99.4 Å². The lowest BCUT2D eigenvalue weighted by molar-refractivity contribution is 0.103. The van der Waals surface area contributed by atoms with Gasteiger partial charge in [0.25, 0.3) is 0 Å². The molecule has 2 rings (SSSR count). The highest BCUT2D eigenvalue weighted by molar-refractivity contribution is 6.07. The fourth-order valence-electron chi connectivity index (χ4n) is 1.51. The minimum atomic E-state index is -0.127. The fourth-order valence-corrected chi connectivity index (χ4v) is 1.51. The molecular weight excluding hydrogens is 212 g/mol. The van der Waals surface area contributed by atoms with Crippen molar-refractivity contribution in [1.29, 1.82) is 5.26 Å². The maximum absolute atomic E-state index is 12.1. The topological polar surface area (TPSA) is 53.8 Å². The van der Waals surface area contributed by atoms with E-state index in [1.807, 2.05) is 19.1 Å². The fraction of sp³-hybridized carbons (Fsp3) is 0.0714. The predicted octanol–water partition coefficient (Wildman–Crippen LogP) is 2.49. The van der Waals surface area contributed by atoms with Crippen LogP contribution in [0.25, 0.3) is 0 Å². The monoisotopic (exact) mass is 222 g/mol. The molecule has 0 unspecified atom stereocenters. The first-order valence-electron chi connectivity index (χ1n) is 5.19. The Morgan fingerprint density at radius 3 is 2.47 bits per heavy atom. The summed E-state index contributed by atoms with van der Waals surface area (Å²) in [6.45, 7) is 1.84. The summed E-state index contributed by atoms with van der Waals surface area (Å²) in [6, 6.07) is 13.9. The lowest BCUT2D eigenvalue weighted by Crippen LogP contribution is -2.04. The lowest BCUT2D eigenvalue weighted by Gasteiger charge is -2.01. The Hall–Kier alpha value is -2.47. The molecule has 0 saturated heterocycles. The number of rotatable bonds is 2. The van der Waals surface area contributed by atoms with Gasteiger partial charge in [0.15, 0.2) is 0 Å². The molecule has 82 valence electrons. The van der Waals surface area contributed by atoms with Gasteiger partial charge in [-0.3, -0.25) is 4.79 Å². The second kappa shape index (κ2) is 4.58. The van der Waals surface area contributed by atoms with Gasteiger partial charge in [-0.1, -0.05) is 6.07 Å². The molecule has 0 bridgehead atoms. The Morgan fingerprint density at radius 1 is 1.18 bits per heavy atom. The molecule has 1 aromatic carbocycles. The summed E-state index contributed by atoms with van der Waals surface area (Å²) in [5.41, 5.74) is 2.32. The van der Waals surface area contributed by atoms with Crippen LogP contribution in [0, 0.1) is 18.3 Å². The molecule has 3 nitrogen and oxygen atoms in total. The summed E-state index contributed by atoms with van der Waals surface area (Å²) in [5, 5.41) is 8.67. The quantitative estimate of drug-likeness (QED) is 0.733. The van der Waals surface area contributed by atoms with Crippen LogP contribution in [0.3, 0.4) is 0 Å². The van der Waals surface area contributed by atoms with E-state index < -0.39 is 0 Å². The maximum Gasteiger partial charge on any atom is 0.211 e. The van der Waals surface area contributed by atoms with Gasteiger partial charge in [0.2, 0.25) is 5.78 Å². The molecule has 2 aromatic rings. The zero-order valence-corrected chi connectivity index (χ0v) is 9.34. The molecule has 0 aliphatic rings. The molecule has 0 radical (unpaired) electrons. The first-order valence-corrected chi connectivity index (χ1v) is 5.19. The predicted molar refractivity (Wildman–Crippen MR) is 63.6 cm³/mol. The lowest BCUT2D eigenvalue weighted by atomic mass is 10.1. The molecule has 0 spiro atoms. The summed E-state index contributed by atoms with van der Waals surface area (Å²) >= 11 is 0. The van der Waals surface area contributed by atoms with Crippen molar-refractivity contribution in [3.8, 4) is 6.07 Å². The Morgan fingerprint density at radius 2 is 1.88 bits per heavy atom. The number of carbonyl (C=O) groups is 1. The molecule has 3 heteroatoms. The van der Waals surface area contributed by atoms with Crippen molar-refractivity contribution < 1.29 is 4.79 Å². The van der Waals surface area contributed by atoms with E-state index >= 15 is 0 Å². The molecule has 0 saturated carbocycles. The van der Waals surface area contributed by atoms with Gasteiger partial charge < -0.3 is 0 Å². The van der Waals surface area contributed by atoms with Crippen molar-refractivity contribution in [3.63, 3.8) is 0 Å². The van der Waals surface area contributed by atoms with Crippen LogP contribution < -0.4 is 0 Å². The van der Waals surface area contributed by atoms with E-state index in [2.05, 4.69) is 4.98 Å². The number of benzene rings is 1. The zero-order chi connectivity index (χ0) is 12.3. The van der Waals surface area contributed by atoms with Crippen LogP contribution in [0.2, 0.25) is 0 Å². The standard InChI is InChI=1S/C14H10N2O/c1-10-3-2-4-13(16-10)14(17)12-7-5-11(9-15)6-8-12/h2-8H,1H3. The number of ketones is 1. The molecule has 0 aliphatic heterocycles. The first kappa shape index (κ1) is 11.0. The Kier molecular flexibility index (Phi) is 2.97. The number of aryl methyl sites for hydroxylation is 1. The van der Waals surface area contributed by atoms with E-state index in [0.717, 1.165) is 5.69 Å². The zero-order valence-electron chi connectivity index (χ0n) is 9.34. The van der Waals surface area contributed by atoms with Gasteiger partial charge in [0.05, 0.1) is 11.6 Å². The van der Waals surface area contributed by atoms with E-state index in [4.69, 9.17) is 5.26 Å². The average molecular weight is 222 g/mol. The van der Waals surface area contributed by atoms with E-state index in [-0.39, 0.29) is 5.78 Å². The number of aromatic nitrogens is 1. The number of hydrogen-bond acceptors (Lipinski definition) is 3. The van der Waals surface area contributed by atoms with Crippen LogP contribution in [-0.2, 0) is 0 Å². The molecule has 17 heavy (non-hydrogen) atoms. The van der Waals surface area contributed by atoms with Crippen LogP contribution in [0.1, 0.15) is 27.3 Å². The maximum atomic E-state index is 12.1. The third-order valence-corrected chi connectivity index (χ3v) is 2.40. The van der Waals surface area contributed by atoms with Crippen molar-refractivity contribution in [3.05, 3.63) is 65.0 Å². The van der Waals surface area contributed by atoms with Crippen LogP contribution in [0.5, 0.6) is 0 Å². The van der Waals surface area contributed by atoms with Crippen molar-refractivity contribution in [2.24, 2.45) is 0 Å². The van der Waals surface area contributed by atoms with Gasteiger partial charge in [-0.2, -0.15) is 5.26 Å². The van der Waals surface area contributed by atoms with Crippen LogP contribution in [0.4, 0.5) is 0 Å². The summed E-state index contributed by atoms with van der Waals surface area (Å²) < 4.78 is 0. The van der Waals surface area contributed by atoms with Gasteiger partial charge in [-0.15, -0.1) is 0 Å². The van der Waals surface area contributed by atoms with E-state index in [1.165, 1.54) is 0 Å². The van der Waals surface area contributed by atoms with Gasteiger partial charge >= 0.3 is 0 Å². The normalized spacial score (nSPS) is 9.65. The SMILES string of the molecule is Cc1cccc(C(=O)c2ccc(C#N)cc2)n1. The van der Waals surface area contributed by atoms with Crippen LogP contribution in [-0.4, -0.2) is 10.8 Å². The van der Waals surface area contributed by atoms with Gasteiger partial charge in [0.1, 0.15) is 5.69 Å². The van der Waals surface area contributed by atoms with Crippen molar-refractivity contribution in [1.82, 2.24) is 4.98 Å². The Bertz CT molecular complexity index is 594. The second-order valence-electron chi connectivity index (χ2n) is 3.68. The van der Waals surface area contributed by atoms with Gasteiger partial charge in [-0.25, -0.2) is 4.98 Å². The van der Waals surface area contributed by atoms with Gasteiger partial charge in [0, 0.05) is 11.3 Å². The highest BCUT2D eigenvalue weighted by Crippen LogP contribution is 2.09. The smallest absolute Gasteiger partial charge is 0.211 e. The van der Waals surface area contributed by atoms with Crippen molar-refractivity contribution in [2.75, 3.05) is 0 Å². The summed E-state index contributed by atoms with van der Waals surface area (Å²) in [5.74, 6) is -0.127. The van der Waals surface area contributed by atoms with Crippen molar-refractivity contribution in [2.45, 2.75) is 6.92 Å². The average Bonchev–Trinajstić information content (AvgIpc) is 2.38. The van der Waals surface area contributed by atoms with E-state index in [0.29, 0.717) is 16.8 Å². The summed E-state index contributed by atoms with van der Waals surface area (Å²) in [6.07, 6.45) is 0. The minimum absolute atomic E-state index is 0.127. The highest BCUT2D eigenvalue weighted by atomic mass is 16.1. The molecule has 0 N–H and O–H groups in total. The minimum Gasteiger partial charge on any atom is -0.287 e. The molecule has 0 aliphatic carbocycles. The van der Waals surface area contributed by atoms with Crippen molar-refractivity contribution >= 4 is 5.78 Å². The number of hydrogen-bond donors (Lipinski definition) is 0.